The maximum Gasteiger partial charge on any atom is 0.342 e. The molecule has 2 rings (SSSR count). The summed E-state index contributed by atoms with van der Waals surface area (Å²) in [5, 5.41) is 10.9. The smallest absolute Gasteiger partial charge is 0.342 e. The van der Waals surface area contributed by atoms with Crippen molar-refractivity contribution in [3.05, 3.63) is 22.1 Å². The van der Waals surface area contributed by atoms with Crippen molar-refractivity contribution in [2.24, 2.45) is 0 Å². The number of hydrogen-bond donors (Lipinski definition) is 0. The zero-order valence-electron chi connectivity index (χ0n) is 12.1. The molecule has 9 nitrogen and oxygen atoms in total. The Balaban J connectivity index is 2.05. The summed E-state index contributed by atoms with van der Waals surface area (Å²) in [4.78, 5) is 16.3. The Kier molecular flexibility index (Phi) is 4.59. The van der Waals surface area contributed by atoms with E-state index in [4.69, 9.17) is 0 Å². The maximum atomic E-state index is 12.3. The van der Waals surface area contributed by atoms with E-state index in [1.807, 2.05) is 7.05 Å². The fourth-order valence-corrected chi connectivity index (χ4v) is 3.67. The fraction of sp³-hybridized carbons (Fsp3) is 0.727. The summed E-state index contributed by atoms with van der Waals surface area (Å²) in [7, 11) is -1.46. The van der Waals surface area contributed by atoms with Crippen LogP contribution in [0.3, 0.4) is 0 Å². The zero-order chi connectivity index (χ0) is 15.6. The molecule has 118 valence electrons. The molecule has 2 heterocycles. The summed E-state index contributed by atoms with van der Waals surface area (Å²) in [6, 6.07) is 0. The topological polar surface area (TPSA) is 102 Å². The normalized spacial score (nSPS) is 18.0. The van der Waals surface area contributed by atoms with Crippen LogP contribution in [0.1, 0.15) is 5.82 Å². The number of likely N-dealkylation sites (N-methyl/N-ethyl adjacent to an activating group) is 1. The van der Waals surface area contributed by atoms with Gasteiger partial charge in [-0.05, 0) is 12.0 Å². The lowest BCUT2D eigenvalue weighted by Crippen LogP contribution is -2.48. The van der Waals surface area contributed by atoms with Crippen LogP contribution >= 0.6 is 0 Å². The van der Waals surface area contributed by atoms with Crippen LogP contribution in [-0.4, -0.2) is 71.1 Å². The predicted molar refractivity (Wildman–Crippen MR) is 76.5 cm³/mol. The Morgan fingerprint density at radius 1 is 1.33 bits per heavy atom. The van der Waals surface area contributed by atoms with Gasteiger partial charge in [-0.3, -0.25) is 0 Å². The van der Waals surface area contributed by atoms with Crippen LogP contribution in [0.25, 0.3) is 0 Å². The second kappa shape index (κ2) is 6.08. The van der Waals surface area contributed by atoms with Crippen molar-refractivity contribution < 1.29 is 13.3 Å². The van der Waals surface area contributed by atoms with Gasteiger partial charge in [0.1, 0.15) is 18.5 Å². The molecule has 0 radical (unpaired) electrons. The molecule has 1 aromatic rings. The average Bonchev–Trinajstić information content (AvgIpc) is 2.78. The van der Waals surface area contributed by atoms with Gasteiger partial charge >= 0.3 is 5.82 Å². The van der Waals surface area contributed by atoms with E-state index in [9.17, 15) is 18.5 Å². The van der Waals surface area contributed by atoms with Gasteiger partial charge in [-0.2, -0.15) is 4.31 Å². The molecule has 0 spiro atoms. The van der Waals surface area contributed by atoms with E-state index in [0.717, 1.165) is 6.20 Å². The third-order valence-corrected chi connectivity index (χ3v) is 5.50. The highest BCUT2D eigenvalue weighted by atomic mass is 32.2. The number of sulfonamides is 1. The summed E-state index contributed by atoms with van der Waals surface area (Å²) in [6.07, 6.45) is 1.15. The molecule has 0 saturated carbocycles. The molecule has 0 amide bonds. The van der Waals surface area contributed by atoms with Gasteiger partial charge in [-0.25, -0.2) is 18.0 Å². The molecule has 1 aromatic heterocycles. The number of aromatic nitrogens is 2. The van der Waals surface area contributed by atoms with Crippen LogP contribution in [0.2, 0.25) is 0 Å². The van der Waals surface area contributed by atoms with Gasteiger partial charge in [0.15, 0.2) is 5.82 Å². The molecule has 0 aliphatic carbocycles. The fourth-order valence-electron chi connectivity index (χ4n) is 2.28. The van der Waals surface area contributed by atoms with Crippen molar-refractivity contribution in [3.8, 4) is 0 Å². The first-order valence-corrected chi connectivity index (χ1v) is 8.25. The van der Waals surface area contributed by atoms with Crippen molar-refractivity contribution in [2.75, 3.05) is 39.0 Å². The molecule has 1 fully saturated rings. The van der Waals surface area contributed by atoms with Crippen LogP contribution in [0.5, 0.6) is 0 Å². The highest BCUT2D eigenvalue weighted by Gasteiger charge is 2.27. The number of rotatable bonds is 5. The second-order valence-corrected chi connectivity index (χ2v) is 7.18. The number of nitrogens with zero attached hydrogens (tertiary/aromatic N) is 5. The van der Waals surface area contributed by atoms with Gasteiger partial charge in [0.05, 0.1) is 0 Å². The molecule has 0 aromatic carbocycles. The standard InChI is InChI=1S/C11H19N5O4S/c1-10-12-9-11(16(17)18)15(10)7-8-21(19,20)14-5-3-13(2)4-6-14/h9H,3-8H2,1-2H3. The molecule has 1 aliphatic rings. The van der Waals surface area contributed by atoms with Crippen LogP contribution in [-0.2, 0) is 16.6 Å². The van der Waals surface area contributed by atoms with Gasteiger partial charge in [-0.1, -0.05) is 0 Å². The predicted octanol–water partition coefficient (Wildman–Crippen LogP) is -0.323. The number of imidazole rings is 1. The zero-order valence-corrected chi connectivity index (χ0v) is 12.9. The average molecular weight is 317 g/mol. The first kappa shape index (κ1) is 15.9. The van der Waals surface area contributed by atoms with Gasteiger partial charge in [0.2, 0.25) is 10.0 Å². The third-order valence-electron chi connectivity index (χ3n) is 3.65. The first-order chi connectivity index (χ1) is 9.81. The monoisotopic (exact) mass is 317 g/mol. The highest BCUT2D eigenvalue weighted by Crippen LogP contribution is 2.15. The molecular weight excluding hydrogens is 298 g/mol. The van der Waals surface area contributed by atoms with E-state index < -0.39 is 14.9 Å². The third kappa shape index (κ3) is 3.57. The lowest BCUT2D eigenvalue weighted by Gasteiger charge is -2.31. The Morgan fingerprint density at radius 3 is 2.52 bits per heavy atom. The molecule has 0 unspecified atom stereocenters. The van der Waals surface area contributed by atoms with Crippen LogP contribution in [0, 0.1) is 17.0 Å². The van der Waals surface area contributed by atoms with Crippen LogP contribution in [0.4, 0.5) is 5.82 Å². The number of nitro groups is 1. The quantitative estimate of drug-likeness (QED) is 0.545. The van der Waals surface area contributed by atoms with Crippen molar-refractivity contribution >= 4 is 15.8 Å². The minimum absolute atomic E-state index is 0.0385. The Hall–Kier alpha value is -1.52. The molecule has 0 N–H and O–H groups in total. The largest absolute Gasteiger partial charge is 0.358 e. The number of aryl methyl sites for hydroxylation is 1. The van der Waals surface area contributed by atoms with E-state index in [-0.39, 0.29) is 18.1 Å². The van der Waals surface area contributed by atoms with Crippen molar-refractivity contribution in [1.29, 1.82) is 0 Å². The number of piperazine rings is 1. The van der Waals surface area contributed by atoms with Crippen molar-refractivity contribution in [2.45, 2.75) is 13.5 Å². The van der Waals surface area contributed by atoms with Gasteiger partial charge in [0.25, 0.3) is 0 Å². The van der Waals surface area contributed by atoms with Gasteiger partial charge in [0, 0.05) is 33.1 Å². The SMILES string of the molecule is Cc1ncc([N+](=O)[O-])n1CCS(=O)(=O)N1CCN(C)CC1. The second-order valence-electron chi connectivity index (χ2n) is 5.09. The minimum Gasteiger partial charge on any atom is -0.358 e. The highest BCUT2D eigenvalue weighted by molar-refractivity contribution is 7.89. The maximum absolute atomic E-state index is 12.3. The van der Waals surface area contributed by atoms with Crippen LogP contribution < -0.4 is 0 Å². The summed E-state index contributed by atoms with van der Waals surface area (Å²) in [6.45, 7) is 3.98. The Bertz CT molecular complexity index is 619. The van der Waals surface area contributed by atoms with E-state index in [2.05, 4.69) is 9.88 Å². The van der Waals surface area contributed by atoms with Crippen LogP contribution in [0.15, 0.2) is 6.20 Å². The summed E-state index contributed by atoms with van der Waals surface area (Å²) in [5.41, 5.74) is 0. The summed E-state index contributed by atoms with van der Waals surface area (Å²) >= 11 is 0. The van der Waals surface area contributed by atoms with Gasteiger partial charge in [-0.15, -0.1) is 0 Å². The lowest BCUT2D eigenvalue weighted by atomic mass is 10.4. The van der Waals surface area contributed by atoms with Crippen molar-refractivity contribution in [3.63, 3.8) is 0 Å². The molecule has 1 aliphatic heterocycles. The van der Waals surface area contributed by atoms with E-state index >= 15 is 0 Å². The van der Waals surface area contributed by atoms with Crippen molar-refractivity contribution in [1.82, 2.24) is 18.8 Å². The molecule has 21 heavy (non-hydrogen) atoms. The first-order valence-electron chi connectivity index (χ1n) is 6.64. The lowest BCUT2D eigenvalue weighted by molar-refractivity contribution is -0.392. The van der Waals surface area contributed by atoms with E-state index in [1.165, 1.54) is 8.87 Å². The number of hydrogen-bond acceptors (Lipinski definition) is 6. The Morgan fingerprint density at radius 2 is 1.95 bits per heavy atom. The summed E-state index contributed by atoms with van der Waals surface area (Å²) < 4.78 is 27.3. The van der Waals surface area contributed by atoms with E-state index in [1.54, 1.807) is 6.92 Å². The molecule has 0 bridgehead atoms. The molecular formula is C11H19N5O4S. The minimum atomic E-state index is -3.41. The van der Waals surface area contributed by atoms with Gasteiger partial charge < -0.3 is 15.0 Å². The Labute approximate surface area is 123 Å². The van der Waals surface area contributed by atoms with E-state index in [0.29, 0.717) is 32.0 Å². The summed E-state index contributed by atoms with van der Waals surface area (Å²) in [5.74, 6) is 0.103. The molecule has 0 atom stereocenters. The molecule has 1 saturated heterocycles. The molecule has 10 heteroatoms.